The molecule has 5 nitrogen and oxygen atoms in total. The minimum Gasteiger partial charge on any atom is -0.496 e. The van der Waals surface area contributed by atoms with Crippen LogP contribution in [0, 0.1) is 11.8 Å². The lowest BCUT2D eigenvalue weighted by molar-refractivity contribution is -0.141. The number of benzene rings is 1. The Morgan fingerprint density at radius 3 is 2.48 bits per heavy atom. The minimum atomic E-state index is -0.775. The van der Waals surface area contributed by atoms with Crippen LogP contribution in [-0.2, 0) is 16.1 Å². The van der Waals surface area contributed by atoms with Crippen LogP contribution in [0.3, 0.4) is 0 Å². The van der Waals surface area contributed by atoms with Crippen molar-refractivity contribution < 1.29 is 19.4 Å². The average molecular weight is 317 g/mol. The molecule has 3 rings (SSSR count). The van der Waals surface area contributed by atoms with Crippen LogP contribution >= 0.6 is 0 Å². The number of carbonyl (C=O) groups excluding carboxylic acids is 1. The van der Waals surface area contributed by atoms with E-state index in [1.54, 1.807) is 7.11 Å². The molecule has 2 aliphatic carbocycles. The Bertz CT molecular complexity index is 596. The van der Waals surface area contributed by atoms with Crippen LogP contribution < -0.4 is 4.74 Å². The summed E-state index contributed by atoms with van der Waals surface area (Å²) in [6.07, 6.45) is 3.85. The second kappa shape index (κ2) is 6.60. The summed E-state index contributed by atoms with van der Waals surface area (Å²) < 4.78 is 5.38. The number of para-hydroxylation sites is 1. The van der Waals surface area contributed by atoms with E-state index >= 15 is 0 Å². The normalized spacial score (nSPS) is 23.5. The lowest BCUT2D eigenvalue weighted by Gasteiger charge is -2.26. The summed E-state index contributed by atoms with van der Waals surface area (Å²) in [6, 6.07) is 8.05. The fraction of sp³-hybridized carbons (Fsp3) is 0.556. The molecule has 5 heteroatoms. The van der Waals surface area contributed by atoms with Crippen molar-refractivity contribution >= 4 is 11.9 Å². The topological polar surface area (TPSA) is 66.8 Å². The van der Waals surface area contributed by atoms with Gasteiger partial charge in [-0.15, -0.1) is 0 Å². The molecule has 1 aromatic carbocycles. The molecule has 0 unspecified atom stereocenters. The van der Waals surface area contributed by atoms with Gasteiger partial charge in [-0.25, -0.2) is 0 Å². The van der Waals surface area contributed by atoms with Crippen molar-refractivity contribution in [1.29, 1.82) is 0 Å². The van der Waals surface area contributed by atoms with Crippen LogP contribution in [0.4, 0.5) is 0 Å². The first-order chi connectivity index (χ1) is 11.1. The van der Waals surface area contributed by atoms with E-state index in [4.69, 9.17) is 9.84 Å². The zero-order valence-electron chi connectivity index (χ0n) is 13.4. The van der Waals surface area contributed by atoms with E-state index in [9.17, 15) is 9.59 Å². The molecule has 0 spiro atoms. The molecule has 0 radical (unpaired) electrons. The molecule has 23 heavy (non-hydrogen) atoms. The molecule has 0 aromatic heterocycles. The van der Waals surface area contributed by atoms with Gasteiger partial charge in [0.25, 0.3) is 0 Å². The van der Waals surface area contributed by atoms with Crippen molar-refractivity contribution in [2.75, 3.05) is 7.11 Å². The molecular formula is C18H23NO4. The van der Waals surface area contributed by atoms with Crippen LogP contribution in [0.25, 0.3) is 0 Å². The van der Waals surface area contributed by atoms with E-state index in [0.29, 0.717) is 31.8 Å². The van der Waals surface area contributed by atoms with Gasteiger partial charge >= 0.3 is 5.97 Å². The quantitative estimate of drug-likeness (QED) is 0.876. The van der Waals surface area contributed by atoms with Crippen molar-refractivity contribution in [2.24, 2.45) is 11.8 Å². The summed E-state index contributed by atoms with van der Waals surface area (Å²) in [5, 5.41) is 9.14. The monoisotopic (exact) mass is 317 g/mol. The number of hydrogen-bond acceptors (Lipinski definition) is 3. The summed E-state index contributed by atoms with van der Waals surface area (Å²) in [5.41, 5.74) is 1.00. The van der Waals surface area contributed by atoms with Crippen molar-refractivity contribution in [3.05, 3.63) is 29.8 Å². The van der Waals surface area contributed by atoms with Crippen LogP contribution in [0.2, 0.25) is 0 Å². The molecule has 2 aliphatic rings. The number of carbonyl (C=O) groups is 2. The molecule has 0 heterocycles. The summed E-state index contributed by atoms with van der Waals surface area (Å²) in [6.45, 7) is 0.543. The molecule has 2 atom stereocenters. The van der Waals surface area contributed by atoms with Gasteiger partial charge in [-0.3, -0.25) is 9.59 Å². The summed E-state index contributed by atoms with van der Waals surface area (Å²) >= 11 is 0. The number of carboxylic acid groups (broad SMARTS) is 1. The van der Waals surface area contributed by atoms with Gasteiger partial charge in [0.15, 0.2) is 0 Å². The molecule has 0 saturated heterocycles. The average Bonchev–Trinajstić information content (AvgIpc) is 3.27. The van der Waals surface area contributed by atoms with Crippen LogP contribution in [0.1, 0.15) is 37.7 Å². The largest absolute Gasteiger partial charge is 0.496 e. The Labute approximate surface area is 136 Å². The third-order valence-corrected chi connectivity index (χ3v) is 4.94. The fourth-order valence-electron chi connectivity index (χ4n) is 3.45. The maximum absolute atomic E-state index is 12.9. The van der Waals surface area contributed by atoms with E-state index in [2.05, 4.69) is 0 Å². The maximum Gasteiger partial charge on any atom is 0.306 e. The van der Waals surface area contributed by atoms with Crippen molar-refractivity contribution in [3.8, 4) is 5.75 Å². The number of rotatable bonds is 6. The zero-order chi connectivity index (χ0) is 16.4. The fourth-order valence-corrected chi connectivity index (χ4v) is 3.45. The first-order valence-corrected chi connectivity index (χ1v) is 8.25. The Hall–Kier alpha value is -2.04. The second-order valence-corrected chi connectivity index (χ2v) is 6.55. The Morgan fingerprint density at radius 2 is 1.87 bits per heavy atom. The highest BCUT2D eigenvalue weighted by atomic mass is 16.5. The van der Waals surface area contributed by atoms with Crippen LogP contribution in [0.15, 0.2) is 24.3 Å². The Balaban J connectivity index is 1.72. The van der Waals surface area contributed by atoms with Crippen LogP contribution in [0.5, 0.6) is 5.75 Å². The minimum absolute atomic E-state index is 0.113. The third kappa shape index (κ3) is 3.49. The van der Waals surface area contributed by atoms with E-state index in [1.807, 2.05) is 29.2 Å². The van der Waals surface area contributed by atoms with E-state index in [-0.39, 0.29) is 17.7 Å². The van der Waals surface area contributed by atoms with Gasteiger partial charge in [0.1, 0.15) is 5.75 Å². The Kier molecular flexibility index (Phi) is 4.55. The number of nitrogens with zero attached hydrogens (tertiary/aromatic N) is 1. The second-order valence-electron chi connectivity index (χ2n) is 6.55. The van der Waals surface area contributed by atoms with Gasteiger partial charge in [0.05, 0.1) is 13.0 Å². The third-order valence-electron chi connectivity index (χ3n) is 4.94. The van der Waals surface area contributed by atoms with Gasteiger partial charge in [0, 0.05) is 24.1 Å². The lowest BCUT2D eigenvalue weighted by Crippen LogP contribution is -2.37. The smallest absolute Gasteiger partial charge is 0.306 e. The van der Waals surface area contributed by atoms with E-state index < -0.39 is 5.97 Å². The number of hydrogen-bond donors (Lipinski definition) is 1. The number of ether oxygens (including phenoxy) is 1. The maximum atomic E-state index is 12.9. The number of aliphatic carboxylic acids is 1. The highest BCUT2D eigenvalue weighted by Crippen LogP contribution is 2.37. The standard InChI is InChI=1S/C18H23NO4/c1-23-16-5-3-2-4-14(16)11-19(15-8-9-15)17(20)12-6-7-13(10-12)18(21)22/h2-5,12-13,15H,6-11H2,1H3,(H,21,22)/t12-,13+/m1/s1. The van der Waals surface area contributed by atoms with Crippen LogP contribution in [-0.4, -0.2) is 35.0 Å². The summed E-state index contributed by atoms with van der Waals surface area (Å²) in [5.74, 6) is -0.381. The van der Waals surface area contributed by atoms with Gasteiger partial charge in [-0.1, -0.05) is 18.2 Å². The van der Waals surface area contributed by atoms with E-state index in [1.165, 1.54) is 0 Å². The number of methoxy groups -OCH3 is 1. The molecule has 124 valence electrons. The molecule has 2 fully saturated rings. The van der Waals surface area contributed by atoms with Crippen molar-refractivity contribution in [2.45, 2.75) is 44.7 Å². The lowest BCUT2D eigenvalue weighted by atomic mass is 10.0. The zero-order valence-corrected chi connectivity index (χ0v) is 13.4. The molecule has 0 aliphatic heterocycles. The van der Waals surface area contributed by atoms with Crippen molar-refractivity contribution in [1.82, 2.24) is 4.90 Å². The number of carboxylic acids is 1. The Morgan fingerprint density at radius 1 is 1.17 bits per heavy atom. The van der Waals surface area contributed by atoms with E-state index in [0.717, 1.165) is 24.2 Å². The van der Waals surface area contributed by atoms with Gasteiger partial charge < -0.3 is 14.7 Å². The predicted octanol–water partition coefficient (Wildman–Crippen LogP) is 2.69. The first-order valence-electron chi connectivity index (χ1n) is 8.25. The summed E-state index contributed by atoms with van der Waals surface area (Å²) in [7, 11) is 1.64. The highest BCUT2D eigenvalue weighted by Gasteiger charge is 2.40. The highest BCUT2D eigenvalue weighted by molar-refractivity contribution is 5.81. The molecule has 0 bridgehead atoms. The van der Waals surface area contributed by atoms with Gasteiger partial charge in [-0.05, 0) is 38.2 Å². The van der Waals surface area contributed by atoms with Gasteiger partial charge in [0.2, 0.25) is 5.91 Å². The SMILES string of the molecule is COc1ccccc1CN(C(=O)[C@@H]1CC[C@H](C(=O)O)C1)C1CC1. The molecule has 1 aromatic rings. The molecule has 2 saturated carbocycles. The van der Waals surface area contributed by atoms with Crippen molar-refractivity contribution in [3.63, 3.8) is 0 Å². The molecule has 1 amide bonds. The predicted molar refractivity (Wildman–Crippen MR) is 85.0 cm³/mol. The first kappa shape index (κ1) is 15.8. The molecule has 1 N–H and O–H groups in total. The summed E-state index contributed by atoms with van der Waals surface area (Å²) in [4.78, 5) is 25.9. The number of amides is 1. The molecular weight excluding hydrogens is 294 g/mol. The van der Waals surface area contributed by atoms with Gasteiger partial charge in [-0.2, -0.15) is 0 Å².